The van der Waals surface area contributed by atoms with Crippen LogP contribution in [0.4, 0.5) is 11.4 Å². The fourth-order valence-electron chi connectivity index (χ4n) is 1.62. The van der Waals surface area contributed by atoms with Crippen molar-refractivity contribution in [2.75, 3.05) is 17.6 Å². The van der Waals surface area contributed by atoms with E-state index in [1.165, 1.54) is 0 Å². The van der Waals surface area contributed by atoms with Crippen molar-refractivity contribution in [2.24, 2.45) is 0 Å². The summed E-state index contributed by atoms with van der Waals surface area (Å²) in [6.45, 7) is -0.136. The molecule has 16 heavy (non-hydrogen) atoms. The predicted molar refractivity (Wildman–Crippen MR) is 64.5 cm³/mol. The zero-order chi connectivity index (χ0) is 11.5. The average Bonchev–Trinajstić information content (AvgIpc) is 2.28. The van der Waals surface area contributed by atoms with E-state index >= 15 is 0 Å². The molecule has 2 aromatic rings. The second-order valence-corrected chi connectivity index (χ2v) is 3.50. The van der Waals surface area contributed by atoms with Crippen LogP contribution in [0.2, 0.25) is 0 Å². The highest BCUT2D eigenvalue weighted by atomic mass is 16.4. The molecule has 2 rings (SSSR count). The molecule has 0 saturated carbocycles. The van der Waals surface area contributed by atoms with Crippen LogP contribution in [-0.2, 0) is 4.79 Å². The highest BCUT2D eigenvalue weighted by Crippen LogP contribution is 2.28. The van der Waals surface area contributed by atoms with Crippen molar-refractivity contribution in [2.45, 2.75) is 0 Å². The zero-order valence-electron chi connectivity index (χ0n) is 8.60. The molecule has 0 unspecified atom stereocenters. The summed E-state index contributed by atoms with van der Waals surface area (Å²) in [6, 6.07) is 11.4. The topological polar surface area (TPSA) is 75.3 Å². The van der Waals surface area contributed by atoms with E-state index in [4.69, 9.17) is 10.8 Å². The van der Waals surface area contributed by atoms with Crippen LogP contribution in [-0.4, -0.2) is 17.6 Å². The van der Waals surface area contributed by atoms with Crippen LogP contribution in [0.3, 0.4) is 0 Å². The van der Waals surface area contributed by atoms with Crippen molar-refractivity contribution < 1.29 is 9.90 Å². The molecule has 0 spiro atoms. The van der Waals surface area contributed by atoms with E-state index in [2.05, 4.69) is 5.32 Å². The minimum absolute atomic E-state index is 0.136. The number of nitrogens with one attached hydrogen (secondary N) is 1. The molecular formula is C12H12N2O2. The van der Waals surface area contributed by atoms with Crippen LogP contribution < -0.4 is 11.1 Å². The Balaban J connectivity index is 2.40. The molecule has 4 heteroatoms. The van der Waals surface area contributed by atoms with Crippen LogP contribution >= 0.6 is 0 Å². The molecule has 0 aromatic heterocycles. The number of fused-ring (bicyclic) bond motifs is 1. The van der Waals surface area contributed by atoms with Crippen molar-refractivity contribution in [1.82, 2.24) is 0 Å². The van der Waals surface area contributed by atoms with Gasteiger partial charge in [0, 0.05) is 5.39 Å². The van der Waals surface area contributed by atoms with Crippen molar-refractivity contribution in [3.05, 3.63) is 36.4 Å². The Labute approximate surface area is 92.7 Å². The summed E-state index contributed by atoms with van der Waals surface area (Å²) in [5.74, 6) is -0.910. The summed E-state index contributed by atoms with van der Waals surface area (Å²) < 4.78 is 0. The van der Waals surface area contributed by atoms with Crippen LogP contribution in [0.15, 0.2) is 36.4 Å². The molecule has 2 aromatic carbocycles. The minimum atomic E-state index is -0.910. The molecule has 4 N–H and O–H groups in total. The summed E-state index contributed by atoms with van der Waals surface area (Å²) in [4.78, 5) is 10.4. The van der Waals surface area contributed by atoms with Crippen LogP contribution in [0.1, 0.15) is 0 Å². The van der Waals surface area contributed by atoms with E-state index in [0.717, 1.165) is 10.8 Å². The molecule has 0 radical (unpaired) electrons. The van der Waals surface area contributed by atoms with Crippen LogP contribution in [0.5, 0.6) is 0 Å². The van der Waals surface area contributed by atoms with Gasteiger partial charge in [0.1, 0.15) is 6.54 Å². The van der Waals surface area contributed by atoms with E-state index < -0.39 is 5.97 Å². The van der Waals surface area contributed by atoms with Gasteiger partial charge in [-0.2, -0.15) is 0 Å². The summed E-state index contributed by atoms with van der Waals surface area (Å²) in [6.07, 6.45) is 0. The number of rotatable bonds is 3. The molecule has 0 atom stereocenters. The number of nitrogen functional groups attached to an aromatic ring is 1. The molecule has 0 heterocycles. The van der Waals surface area contributed by atoms with E-state index in [1.54, 1.807) is 6.07 Å². The first-order valence-corrected chi connectivity index (χ1v) is 4.91. The van der Waals surface area contributed by atoms with Crippen molar-refractivity contribution in [1.29, 1.82) is 0 Å². The second kappa shape index (κ2) is 4.10. The number of nitrogens with two attached hydrogens (primary N) is 1. The zero-order valence-corrected chi connectivity index (χ0v) is 8.60. The van der Waals surface area contributed by atoms with Gasteiger partial charge in [-0.15, -0.1) is 0 Å². The number of carboxylic acid groups (broad SMARTS) is 1. The van der Waals surface area contributed by atoms with Crippen molar-refractivity contribution >= 4 is 28.1 Å². The van der Waals surface area contributed by atoms with E-state index in [-0.39, 0.29) is 6.54 Å². The third-order valence-corrected chi connectivity index (χ3v) is 2.40. The highest BCUT2D eigenvalue weighted by molar-refractivity contribution is 5.99. The largest absolute Gasteiger partial charge is 0.480 e. The quantitative estimate of drug-likeness (QED) is 0.685. The first-order valence-electron chi connectivity index (χ1n) is 4.91. The lowest BCUT2D eigenvalue weighted by atomic mass is 10.1. The lowest BCUT2D eigenvalue weighted by Crippen LogP contribution is -2.13. The summed E-state index contributed by atoms with van der Waals surface area (Å²) in [5.41, 5.74) is 7.19. The predicted octanol–water partition coefficient (Wildman–Crippen LogP) is 1.92. The summed E-state index contributed by atoms with van der Waals surface area (Å²) in [5, 5.41) is 13.3. The molecule has 0 amide bonds. The Morgan fingerprint density at radius 3 is 2.75 bits per heavy atom. The Bertz CT molecular complexity index is 538. The van der Waals surface area contributed by atoms with Gasteiger partial charge in [-0.25, -0.2) is 0 Å². The van der Waals surface area contributed by atoms with Gasteiger partial charge in [0.05, 0.1) is 11.4 Å². The molecule has 82 valence electrons. The number of carboxylic acids is 1. The smallest absolute Gasteiger partial charge is 0.322 e. The molecule has 0 bridgehead atoms. The van der Waals surface area contributed by atoms with E-state index in [0.29, 0.717) is 11.4 Å². The first-order chi connectivity index (χ1) is 7.68. The Hall–Kier alpha value is -2.23. The molecule has 0 saturated heterocycles. The Morgan fingerprint density at radius 1 is 1.25 bits per heavy atom. The van der Waals surface area contributed by atoms with Gasteiger partial charge >= 0.3 is 5.97 Å². The van der Waals surface area contributed by atoms with Crippen LogP contribution in [0.25, 0.3) is 10.8 Å². The average molecular weight is 216 g/mol. The number of anilines is 2. The molecular weight excluding hydrogens is 204 g/mol. The van der Waals surface area contributed by atoms with Crippen molar-refractivity contribution in [3.63, 3.8) is 0 Å². The van der Waals surface area contributed by atoms with E-state index in [9.17, 15) is 4.79 Å². The minimum Gasteiger partial charge on any atom is -0.480 e. The van der Waals surface area contributed by atoms with Gasteiger partial charge in [-0.05, 0) is 11.5 Å². The van der Waals surface area contributed by atoms with Gasteiger partial charge in [0.2, 0.25) is 0 Å². The molecule has 0 aliphatic heterocycles. The number of hydrogen-bond donors (Lipinski definition) is 3. The lowest BCUT2D eigenvalue weighted by Gasteiger charge is -2.09. The van der Waals surface area contributed by atoms with Crippen LogP contribution in [0, 0.1) is 0 Å². The second-order valence-electron chi connectivity index (χ2n) is 3.50. The Morgan fingerprint density at radius 2 is 2.00 bits per heavy atom. The third kappa shape index (κ3) is 1.91. The number of aliphatic carboxylic acids is 1. The van der Waals surface area contributed by atoms with Gasteiger partial charge in [0.25, 0.3) is 0 Å². The highest BCUT2D eigenvalue weighted by Gasteiger charge is 2.04. The monoisotopic (exact) mass is 216 g/mol. The van der Waals surface area contributed by atoms with Gasteiger partial charge in [0.15, 0.2) is 0 Å². The fraction of sp³-hybridized carbons (Fsp3) is 0.0833. The normalized spacial score (nSPS) is 10.2. The maximum absolute atomic E-state index is 10.4. The van der Waals surface area contributed by atoms with Gasteiger partial charge < -0.3 is 16.2 Å². The molecule has 4 nitrogen and oxygen atoms in total. The number of carbonyl (C=O) groups is 1. The Kier molecular flexibility index (Phi) is 2.64. The standard InChI is InChI=1S/C12H12N2O2/c13-12-9-4-2-1-3-8(9)5-6-10(12)14-7-11(15)16/h1-6,14H,7,13H2,(H,15,16). The molecule has 0 aliphatic carbocycles. The first kappa shape index (κ1) is 10.3. The maximum Gasteiger partial charge on any atom is 0.322 e. The SMILES string of the molecule is Nc1c(NCC(=O)O)ccc2ccccc12. The summed E-state index contributed by atoms with van der Waals surface area (Å²) in [7, 11) is 0. The van der Waals surface area contributed by atoms with E-state index in [1.807, 2.05) is 30.3 Å². The third-order valence-electron chi connectivity index (χ3n) is 2.40. The molecule has 0 aliphatic rings. The molecule has 0 fully saturated rings. The lowest BCUT2D eigenvalue weighted by molar-refractivity contribution is -0.134. The van der Waals surface area contributed by atoms with Gasteiger partial charge in [-0.1, -0.05) is 30.3 Å². The number of hydrogen-bond acceptors (Lipinski definition) is 3. The van der Waals surface area contributed by atoms with Crippen molar-refractivity contribution in [3.8, 4) is 0 Å². The van der Waals surface area contributed by atoms with Gasteiger partial charge in [-0.3, -0.25) is 4.79 Å². The summed E-state index contributed by atoms with van der Waals surface area (Å²) >= 11 is 0. The fourth-order valence-corrected chi connectivity index (χ4v) is 1.62. The number of benzene rings is 2. The maximum atomic E-state index is 10.4.